The molecule has 0 saturated carbocycles. The van der Waals surface area contributed by atoms with Gasteiger partial charge >= 0.3 is 11.9 Å². The lowest BCUT2D eigenvalue weighted by Crippen LogP contribution is -2.34. The first-order chi connectivity index (χ1) is 13.8. The van der Waals surface area contributed by atoms with Crippen molar-refractivity contribution in [2.24, 2.45) is 0 Å². The van der Waals surface area contributed by atoms with Gasteiger partial charge in [0.2, 0.25) is 0 Å². The third-order valence-electron chi connectivity index (χ3n) is 3.76. The largest absolute Gasteiger partial charge is 0.493 e. The van der Waals surface area contributed by atoms with Crippen LogP contribution in [0.1, 0.15) is 25.3 Å². The van der Waals surface area contributed by atoms with Crippen molar-refractivity contribution in [1.29, 1.82) is 0 Å². The molecule has 1 fully saturated rings. The first-order valence-electron chi connectivity index (χ1n) is 8.79. The minimum Gasteiger partial charge on any atom is -0.493 e. The van der Waals surface area contributed by atoms with Crippen LogP contribution in [0, 0.1) is 0 Å². The zero-order valence-corrected chi connectivity index (χ0v) is 16.8. The van der Waals surface area contributed by atoms with Crippen LogP contribution in [0.25, 0.3) is 6.08 Å². The maximum Gasteiger partial charge on any atom is 0.341 e. The molecule has 29 heavy (non-hydrogen) atoms. The van der Waals surface area contributed by atoms with Crippen LogP contribution in [0.3, 0.4) is 0 Å². The highest BCUT2D eigenvalue weighted by Gasteiger charge is 2.36. The van der Waals surface area contributed by atoms with E-state index in [1.165, 1.54) is 19.3 Å². The molecule has 0 aliphatic carbocycles. The molecule has 0 bridgehead atoms. The molecule has 10 heteroatoms. The van der Waals surface area contributed by atoms with Gasteiger partial charge in [-0.1, -0.05) is 19.4 Å². The Morgan fingerprint density at radius 2 is 2.00 bits per heavy atom. The molecular weight excluding hydrogens is 402 g/mol. The van der Waals surface area contributed by atoms with E-state index in [0.717, 1.165) is 23.1 Å². The number of hydrogen-bond acceptors (Lipinski definition) is 8. The summed E-state index contributed by atoms with van der Waals surface area (Å²) in [7, 11) is 1.39. The smallest absolute Gasteiger partial charge is 0.341 e. The van der Waals surface area contributed by atoms with E-state index in [0.29, 0.717) is 12.0 Å². The summed E-state index contributed by atoms with van der Waals surface area (Å²) in [5.41, 5.74) is 0.542. The van der Waals surface area contributed by atoms with Crippen molar-refractivity contribution in [1.82, 2.24) is 4.90 Å². The molecule has 9 nitrogen and oxygen atoms in total. The number of carbonyl (C=O) groups is 4. The van der Waals surface area contributed by atoms with Crippen molar-refractivity contribution in [2.75, 3.05) is 26.9 Å². The second kappa shape index (κ2) is 10.5. The number of unbranched alkanes of at least 4 members (excludes halogenated alkanes) is 1. The number of carboxylic acids is 1. The van der Waals surface area contributed by atoms with Gasteiger partial charge in [0.1, 0.15) is 6.54 Å². The Hall–Kier alpha value is -3.01. The van der Waals surface area contributed by atoms with Gasteiger partial charge in [-0.2, -0.15) is 0 Å². The SMILES string of the molecule is CCCCOC(=O)CN1C(=O)S/C(=C/c2ccc(OCC(=O)O)c(OC)c2)C1=O. The number of imide groups is 1. The quantitative estimate of drug-likeness (QED) is 0.344. The van der Waals surface area contributed by atoms with Crippen LogP contribution < -0.4 is 9.47 Å². The van der Waals surface area contributed by atoms with Crippen molar-refractivity contribution in [3.05, 3.63) is 28.7 Å². The van der Waals surface area contributed by atoms with Crippen LogP contribution >= 0.6 is 11.8 Å². The zero-order valence-electron chi connectivity index (χ0n) is 16.0. The highest BCUT2D eigenvalue weighted by molar-refractivity contribution is 8.18. The summed E-state index contributed by atoms with van der Waals surface area (Å²) < 4.78 is 15.3. The molecule has 1 aliphatic heterocycles. The predicted molar refractivity (Wildman–Crippen MR) is 105 cm³/mol. The molecule has 0 unspecified atom stereocenters. The number of esters is 1. The highest BCUT2D eigenvalue weighted by Crippen LogP contribution is 2.34. The van der Waals surface area contributed by atoms with E-state index in [1.807, 2.05) is 6.92 Å². The fraction of sp³-hybridized carbons (Fsp3) is 0.368. The minimum atomic E-state index is -1.13. The predicted octanol–water partition coefficient (Wildman–Crippen LogP) is 2.54. The number of carbonyl (C=O) groups excluding carboxylic acids is 3. The number of carboxylic acid groups (broad SMARTS) is 1. The highest BCUT2D eigenvalue weighted by atomic mass is 32.2. The van der Waals surface area contributed by atoms with E-state index in [1.54, 1.807) is 12.1 Å². The van der Waals surface area contributed by atoms with Crippen molar-refractivity contribution >= 4 is 40.9 Å². The summed E-state index contributed by atoms with van der Waals surface area (Å²) in [6.07, 6.45) is 3.06. The number of aliphatic carboxylic acids is 1. The molecule has 1 aromatic carbocycles. The van der Waals surface area contributed by atoms with Crippen molar-refractivity contribution < 1.29 is 38.5 Å². The molecule has 156 valence electrons. The van der Waals surface area contributed by atoms with Gasteiger partial charge in [-0.3, -0.25) is 19.3 Å². The van der Waals surface area contributed by atoms with E-state index >= 15 is 0 Å². The molecule has 0 radical (unpaired) electrons. The van der Waals surface area contributed by atoms with E-state index < -0.39 is 36.2 Å². The topological polar surface area (TPSA) is 119 Å². The average molecular weight is 423 g/mol. The Kier molecular flexibility index (Phi) is 8.08. The van der Waals surface area contributed by atoms with Crippen LogP contribution in [0.15, 0.2) is 23.1 Å². The number of ether oxygens (including phenoxy) is 3. The molecule has 1 saturated heterocycles. The average Bonchev–Trinajstić information content (AvgIpc) is 2.94. The van der Waals surface area contributed by atoms with Crippen molar-refractivity contribution in [3.8, 4) is 11.5 Å². The molecule has 1 heterocycles. The van der Waals surface area contributed by atoms with Gasteiger partial charge in [0.05, 0.1) is 18.6 Å². The zero-order chi connectivity index (χ0) is 21.4. The molecule has 1 N–H and O–H groups in total. The number of hydrogen-bond donors (Lipinski definition) is 1. The Labute approximate surface area is 171 Å². The van der Waals surface area contributed by atoms with Gasteiger partial charge in [-0.15, -0.1) is 0 Å². The molecular formula is C19H21NO8S. The van der Waals surface area contributed by atoms with Crippen LogP contribution in [0.4, 0.5) is 4.79 Å². The Morgan fingerprint density at radius 3 is 2.66 bits per heavy atom. The van der Waals surface area contributed by atoms with Crippen LogP contribution in [-0.2, 0) is 19.1 Å². The van der Waals surface area contributed by atoms with Crippen LogP contribution in [-0.4, -0.2) is 60.0 Å². The lowest BCUT2D eigenvalue weighted by molar-refractivity contribution is -0.146. The van der Waals surface area contributed by atoms with E-state index in [9.17, 15) is 19.2 Å². The number of benzene rings is 1. The fourth-order valence-electron chi connectivity index (χ4n) is 2.33. The third kappa shape index (κ3) is 6.24. The van der Waals surface area contributed by atoms with E-state index in [4.69, 9.17) is 19.3 Å². The fourth-order valence-corrected chi connectivity index (χ4v) is 3.16. The molecule has 2 amide bonds. The summed E-state index contributed by atoms with van der Waals surface area (Å²) in [6, 6.07) is 4.64. The standard InChI is InChI=1S/C19H21NO8S/c1-3-4-7-27-17(23)10-20-18(24)15(29-19(20)25)9-12-5-6-13(14(8-12)26-2)28-11-16(21)22/h5-6,8-9H,3-4,7,10-11H2,1-2H3,(H,21,22)/b15-9+. The number of amides is 2. The molecule has 2 rings (SSSR count). The number of methoxy groups -OCH3 is 1. The second-order valence-electron chi connectivity index (χ2n) is 5.93. The molecule has 0 spiro atoms. The van der Waals surface area contributed by atoms with Crippen molar-refractivity contribution in [2.45, 2.75) is 19.8 Å². The maximum absolute atomic E-state index is 12.5. The van der Waals surface area contributed by atoms with Crippen LogP contribution in [0.2, 0.25) is 0 Å². The number of thioether (sulfide) groups is 1. The summed E-state index contributed by atoms with van der Waals surface area (Å²) in [6.45, 7) is 1.24. The first kappa shape index (κ1) is 22.3. The molecule has 1 aromatic rings. The normalized spacial score (nSPS) is 15.0. The summed E-state index contributed by atoms with van der Waals surface area (Å²) in [5, 5.41) is 8.15. The van der Waals surface area contributed by atoms with E-state index in [-0.39, 0.29) is 23.0 Å². The maximum atomic E-state index is 12.5. The number of rotatable bonds is 10. The third-order valence-corrected chi connectivity index (χ3v) is 4.67. The lowest BCUT2D eigenvalue weighted by Gasteiger charge is -2.11. The Balaban J connectivity index is 2.10. The van der Waals surface area contributed by atoms with E-state index in [2.05, 4.69) is 0 Å². The second-order valence-corrected chi connectivity index (χ2v) is 6.93. The van der Waals surface area contributed by atoms with Gasteiger partial charge in [0, 0.05) is 0 Å². The molecule has 1 aliphatic rings. The molecule has 0 atom stereocenters. The van der Waals surface area contributed by atoms with Gasteiger partial charge in [0.15, 0.2) is 18.1 Å². The van der Waals surface area contributed by atoms with Gasteiger partial charge in [-0.05, 0) is 42.0 Å². The van der Waals surface area contributed by atoms with Gasteiger partial charge < -0.3 is 19.3 Å². The van der Waals surface area contributed by atoms with Gasteiger partial charge in [0.25, 0.3) is 11.1 Å². The molecule has 0 aromatic heterocycles. The van der Waals surface area contributed by atoms with Crippen LogP contribution in [0.5, 0.6) is 11.5 Å². The lowest BCUT2D eigenvalue weighted by atomic mass is 10.2. The van der Waals surface area contributed by atoms with Crippen molar-refractivity contribution in [3.63, 3.8) is 0 Å². The Morgan fingerprint density at radius 1 is 1.24 bits per heavy atom. The monoisotopic (exact) mass is 423 g/mol. The summed E-state index contributed by atoms with van der Waals surface area (Å²) in [4.78, 5) is 48.0. The summed E-state index contributed by atoms with van der Waals surface area (Å²) in [5.74, 6) is -1.84. The van der Waals surface area contributed by atoms with Gasteiger partial charge in [-0.25, -0.2) is 4.79 Å². The Bertz CT molecular complexity index is 835. The number of nitrogens with zero attached hydrogens (tertiary/aromatic N) is 1. The first-order valence-corrected chi connectivity index (χ1v) is 9.61. The summed E-state index contributed by atoms with van der Waals surface area (Å²) >= 11 is 0.720. The minimum absolute atomic E-state index is 0.151.